The first kappa shape index (κ1) is 24.8. The largest absolute Gasteiger partial charge is 0.490 e. The Kier molecular flexibility index (Phi) is 9.17. The molecule has 0 saturated heterocycles. The minimum atomic E-state index is 0.132. The molecule has 1 aliphatic heterocycles. The lowest BCUT2D eigenvalue weighted by molar-refractivity contribution is -0.132. The molecule has 4 rings (SSSR count). The van der Waals surface area contributed by atoms with E-state index in [1.165, 1.54) is 5.56 Å². The molecule has 186 valence electrons. The summed E-state index contributed by atoms with van der Waals surface area (Å²) in [7, 11) is 0. The number of benzene rings is 2. The molecular weight excluding hydrogens is 440 g/mol. The van der Waals surface area contributed by atoms with Crippen LogP contribution in [0.25, 0.3) is 0 Å². The molecule has 0 bridgehead atoms. The molecule has 35 heavy (non-hydrogen) atoms. The van der Waals surface area contributed by atoms with Crippen molar-refractivity contribution in [3.8, 4) is 11.5 Å². The third-order valence-electron chi connectivity index (χ3n) is 6.24. The van der Waals surface area contributed by atoms with Crippen LogP contribution < -0.4 is 9.47 Å². The van der Waals surface area contributed by atoms with E-state index in [-0.39, 0.29) is 5.91 Å². The van der Waals surface area contributed by atoms with Crippen molar-refractivity contribution in [1.29, 1.82) is 0 Å². The summed E-state index contributed by atoms with van der Waals surface area (Å²) in [5.41, 5.74) is 2.36. The van der Waals surface area contributed by atoms with Gasteiger partial charge in [-0.05, 0) is 37.8 Å². The number of fused-ring (bicyclic) bond motifs is 1. The second kappa shape index (κ2) is 13.0. The molecule has 1 amide bonds. The Morgan fingerprint density at radius 2 is 1.91 bits per heavy atom. The maximum absolute atomic E-state index is 13.1. The number of ether oxygens (including phenoxy) is 2. The van der Waals surface area contributed by atoms with Crippen LogP contribution in [-0.4, -0.2) is 58.1 Å². The van der Waals surface area contributed by atoms with Crippen molar-refractivity contribution in [2.75, 3.05) is 32.8 Å². The Labute approximate surface area is 208 Å². The van der Waals surface area contributed by atoms with E-state index in [1.54, 1.807) is 12.5 Å². The highest BCUT2D eigenvalue weighted by Gasteiger charge is 2.19. The van der Waals surface area contributed by atoms with Gasteiger partial charge in [-0.3, -0.25) is 9.69 Å². The highest BCUT2D eigenvalue weighted by Crippen LogP contribution is 2.33. The predicted molar refractivity (Wildman–Crippen MR) is 136 cm³/mol. The molecule has 0 saturated carbocycles. The molecule has 2 heterocycles. The van der Waals surface area contributed by atoms with Gasteiger partial charge in [0.2, 0.25) is 5.91 Å². The molecule has 3 aromatic rings. The van der Waals surface area contributed by atoms with Crippen molar-refractivity contribution < 1.29 is 14.3 Å². The number of hydrogen-bond donors (Lipinski definition) is 0. The molecular formula is C28H36N4O3. The summed E-state index contributed by atoms with van der Waals surface area (Å²) < 4.78 is 14.0. The topological polar surface area (TPSA) is 59.8 Å². The summed E-state index contributed by atoms with van der Waals surface area (Å²) in [4.78, 5) is 21.6. The number of hydrogen-bond acceptors (Lipinski definition) is 5. The van der Waals surface area contributed by atoms with Crippen molar-refractivity contribution in [3.63, 3.8) is 0 Å². The molecule has 0 N–H and O–H groups in total. The summed E-state index contributed by atoms with van der Waals surface area (Å²) in [6, 6.07) is 16.6. The third-order valence-corrected chi connectivity index (χ3v) is 6.24. The van der Waals surface area contributed by atoms with Gasteiger partial charge in [0, 0.05) is 50.7 Å². The van der Waals surface area contributed by atoms with Gasteiger partial charge in [0.25, 0.3) is 0 Å². The molecule has 0 radical (unpaired) electrons. The van der Waals surface area contributed by atoms with Gasteiger partial charge in [-0.1, -0.05) is 42.5 Å². The molecule has 1 aliphatic rings. The van der Waals surface area contributed by atoms with Gasteiger partial charge in [-0.25, -0.2) is 4.98 Å². The van der Waals surface area contributed by atoms with Crippen LogP contribution in [0.15, 0.2) is 67.3 Å². The fourth-order valence-corrected chi connectivity index (χ4v) is 4.43. The predicted octanol–water partition coefficient (Wildman–Crippen LogP) is 4.38. The smallest absolute Gasteiger partial charge is 0.242 e. The maximum Gasteiger partial charge on any atom is 0.242 e. The molecule has 7 heteroatoms. The van der Waals surface area contributed by atoms with E-state index in [0.29, 0.717) is 32.8 Å². The second-order valence-corrected chi connectivity index (χ2v) is 8.90. The van der Waals surface area contributed by atoms with Crippen LogP contribution in [0, 0.1) is 0 Å². The average molecular weight is 477 g/mol. The van der Waals surface area contributed by atoms with Crippen LogP contribution >= 0.6 is 0 Å². The fraction of sp³-hybridized carbons (Fsp3) is 0.429. The van der Waals surface area contributed by atoms with E-state index in [9.17, 15) is 4.79 Å². The van der Waals surface area contributed by atoms with Gasteiger partial charge in [-0.15, -0.1) is 0 Å². The monoisotopic (exact) mass is 476 g/mol. The molecule has 7 nitrogen and oxygen atoms in total. The van der Waals surface area contributed by atoms with Crippen LogP contribution in [0.1, 0.15) is 37.3 Å². The fourth-order valence-electron chi connectivity index (χ4n) is 4.43. The number of aromatic nitrogens is 2. The normalized spacial score (nSPS) is 15.7. The van der Waals surface area contributed by atoms with Crippen molar-refractivity contribution >= 4 is 5.91 Å². The lowest BCUT2D eigenvalue weighted by Crippen LogP contribution is -2.40. The second-order valence-electron chi connectivity index (χ2n) is 8.90. The SMILES string of the molecule is CCOc1cccc2c1OCCCCCN(C(=O)Cn1ccnc1)CCN(Cc1ccccc1)C2. The Morgan fingerprint density at radius 1 is 1.03 bits per heavy atom. The summed E-state index contributed by atoms with van der Waals surface area (Å²) in [6.45, 7) is 7.27. The summed E-state index contributed by atoms with van der Waals surface area (Å²) in [5.74, 6) is 1.78. The van der Waals surface area contributed by atoms with Gasteiger partial charge in [0.05, 0.1) is 19.5 Å². The number of carbonyl (C=O) groups is 1. The zero-order chi connectivity index (χ0) is 24.3. The Bertz CT molecular complexity index is 1040. The molecule has 0 fully saturated rings. The van der Waals surface area contributed by atoms with E-state index < -0.39 is 0 Å². The van der Waals surface area contributed by atoms with Gasteiger partial charge < -0.3 is 18.9 Å². The van der Waals surface area contributed by atoms with Gasteiger partial charge >= 0.3 is 0 Å². The first-order valence-corrected chi connectivity index (χ1v) is 12.6. The first-order valence-electron chi connectivity index (χ1n) is 12.6. The Balaban J connectivity index is 1.57. The highest BCUT2D eigenvalue weighted by molar-refractivity contribution is 5.76. The summed E-state index contributed by atoms with van der Waals surface area (Å²) >= 11 is 0. The molecule has 1 aromatic heterocycles. The zero-order valence-corrected chi connectivity index (χ0v) is 20.6. The van der Waals surface area contributed by atoms with Crippen molar-refractivity contribution in [2.45, 2.75) is 45.8 Å². The molecule has 0 unspecified atom stereocenters. The average Bonchev–Trinajstić information content (AvgIpc) is 3.38. The quantitative estimate of drug-likeness (QED) is 0.529. The van der Waals surface area contributed by atoms with E-state index >= 15 is 0 Å². The number of imidazole rings is 1. The van der Waals surface area contributed by atoms with E-state index in [0.717, 1.165) is 56.0 Å². The van der Waals surface area contributed by atoms with Crippen LogP contribution in [0.5, 0.6) is 11.5 Å². The molecule has 0 spiro atoms. The number of nitrogens with zero attached hydrogens (tertiary/aromatic N) is 4. The van der Waals surface area contributed by atoms with Crippen molar-refractivity contribution in [2.24, 2.45) is 0 Å². The van der Waals surface area contributed by atoms with Crippen LogP contribution in [0.2, 0.25) is 0 Å². The number of para-hydroxylation sites is 1. The van der Waals surface area contributed by atoms with Gasteiger partial charge in [-0.2, -0.15) is 0 Å². The molecule has 0 atom stereocenters. The lowest BCUT2D eigenvalue weighted by Gasteiger charge is -2.28. The van der Waals surface area contributed by atoms with Gasteiger partial charge in [0.15, 0.2) is 11.5 Å². The third kappa shape index (κ3) is 7.33. The minimum Gasteiger partial charge on any atom is -0.490 e. The van der Waals surface area contributed by atoms with E-state index in [1.807, 2.05) is 40.8 Å². The Hall–Kier alpha value is -3.32. The van der Waals surface area contributed by atoms with Crippen molar-refractivity contribution in [3.05, 3.63) is 78.4 Å². The Morgan fingerprint density at radius 3 is 2.71 bits per heavy atom. The van der Waals surface area contributed by atoms with Crippen LogP contribution in [0.4, 0.5) is 0 Å². The zero-order valence-electron chi connectivity index (χ0n) is 20.6. The van der Waals surface area contributed by atoms with E-state index in [2.05, 4.69) is 40.2 Å². The van der Waals surface area contributed by atoms with E-state index in [4.69, 9.17) is 9.47 Å². The van der Waals surface area contributed by atoms with Crippen LogP contribution in [0.3, 0.4) is 0 Å². The summed E-state index contributed by atoms with van der Waals surface area (Å²) in [5, 5.41) is 0. The number of amides is 1. The highest BCUT2D eigenvalue weighted by atomic mass is 16.5. The van der Waals surface area contributed by atoms with Crippen molar-refractivity contribution in [1.82, 2.24) is 19.4 Å². The number of rotatable bonds is 6. The first-order chi connectivity index (χ1) is 17.2. The maximum atomic E-state index is 13.1. The standard InChI is InChI=1S/C28H36N4O3/c1-2-34-26-13-9-12-25-21-30(20-24-10-5-3-6-11-24)17-18-32(15-7-4-8-19-35-28(25)26)27(33)22-31-16-14-29-23-31/h3,5-6,9-14,16,23H,2,4,7-8,15,17-22H2,1H3. The van der Waals surface area contributed by atoms with Gasteiger partial charge in [0.1, 0.15) is 6.54 Å². The summed E-state index contributed by atoms with van der Waals surface area (Å²) in [6.07, 6.45) is 8.15. The minimum absolute atomic E-state index is 0.132. The number of carbonyl (C=O) groups excluding carboxylic acids is 1. The molecule has 2 aromatic carbocycles. The molecule has 0 aliphatic carbocycles. The lowest BCUT2D eigenvalue weighted by atomic mass is 10.1. The van der Waals surface area contributed by atoms with Crippen LogP contribution in [-0.2, 0) is 24.4 Å².